The van der Waals surface area contributed by atoms with Crippen LogP contribution in [0, 0.1) is 6.92 Å². The number of pyridine rings is 1. The minimum absolute atomic E-state index is 0.00434. The van der Waals surface area contributed by atoms with Gasteiger partial charge in [-0.25, -0.2) is 0 Å². The maximum Gasteiger partial charge on any atom is 0.167 e. The highest BCUT2D eigenvalue weighted by Crippen LogP contribution is 2.39. The van der Waals surface area contributed by atoms with E-state index in [-0.39, 0.29) is 5.41 Å². The second kappa shape index (κ2) is 5.44. The molecule has 0 aliphatic carbocycles. The molecule has 2 aromatic rings. The lowest BCUT2D eigenvalue weighted by atomic mass is 9.85. The van der Waals surface area contributed by atoms with Gasteiger partial charge in [-0.1, -0.05) is 38.5 Å². The molecule has 0 spiro atoms. The lowest BCUT2D eigenvalue weighted by molar-refractivity contribution is 0.454. The first-order valence-electron chi connectivity index (χ1n) is 6.47. The molecule has 0 aliphatic heterocycles. The number of halogens is 1. The summed E-state index contributed by atoms with van der Waals surface area (Å²) < 4.78 is 6.79. The second-order valence-electron chi connectivity index (χ2n) is 5.89. The Kier molecular flexibility index (Phi) is 4.04. The number of hydrogen-bond donors (Lipinski definition) is 1. The smallest absolute Gasteiger partial charge is 0.167 e. The Bertz CT molecular complexity index is 613. The van der Waals surface area contributed by atoms with Gasteiger partial charge in [0.25, 0.3) is 0 Å². The summed E-state index contributed by atoms with van der Waals surface area (Å²) >= 11 is 3.43. The van der Waals surface area contributed by atoms with Crippen molar-refractivity contribution in [1.82, 2.24) is 4.98 Å². The van der Waals surface area contributed by atoms with Crippen molar-refractivity contribution in [3.8, 4) is 11.5 Å². The van der Waals surface area contributed by atoms with Crippen LogP contribution in [0.15, 0.2) is 35.1 Å². The van der Waals surface area contributed by atoms with Crippen LogP contribution in [0.1, 0.15) is 31.9 Å². The third-order valence-electron chi connectivity index (χ3n) is 3.04. The fourth-order valence-electron chi connectivity index (χ4n) is 1.97. The van der Waals surface area contributed by atoms with Crippen LogP contribution >= 0.6 is 15.9 Å². The summed E-state index contributed by atoms with van der Waals surface area (Å²) in [6.45, 7) is 8.58. The van der Waals surface area contributed by atoms with Gasteiger partial charge in [-0.05, 0) is 34.3 Å². The normalized spacial score (nSPS) is 11.4. The molecule has 1 aromatic heterocycles. The van der Waals surface area contributed by atoms with Crippen LogP contribution in [0.25, 0.3) is 0 Å². The lowest BCUT2D eigenvalue weighted by Crippen LogP contribution is -2.13. The molecule has 2 N–H and O–H groups in total. The minimum atomic E-state index is -0.00434. The number of aryl methyl sites for hydroxylation is 1. The van der Waals surface area contributed by atoms with Crippen LogP contribution in [0.5, 0.6) is 11.5 Å². The topological polar surface area (TPSA) is 48.1 Å². The summed E-state index contributed by atoms with van der Waals surface area (Å²) in [4.78, 5) is 4.02. The van der Waals surface area contributed by atoms with E-state index in [0.29, 0.717) is 11.4 Å². The number of nitrogens with two attached hydrogens (primary N) is 1. The first-order valence-corrected chi connectivity index (χ1v) is 7.26. The predicted octanol–water partition coefficient (Wildman–Crippen LogP) is 4.82. The number of aromatic nitrogens is 1. The minimum Gasteiger partial charge on any atom is -0.454 e. The summed E-state index contributed by atoms with van der Waals surface area (Å²) in [5.74, 6) is 1.43. The Morgan fingerprint density at radius 3 is 2.50 bits per heavy atom. The van der Waals surface area contributed by atoms with Crippen molar-refractivity contribution in [2.45, 2.75) is 33.1 Å². The van der Waals surface area contributed by atoms with Gasteiger partial charge in [0.1, 0.15) is 5.75 Å². The molecule has 0 radical (unpaired) electrons. The molecule has 0 amide bonds. The summed E-state index contributed by atoms with van der Waals surface area (Å²) in [6.07, 6.45) is 3.27. The molecular formula is C16H19BrN2O. The Morgan fingerprint density at radius 2 is 1.90 bits per heavy atom. The van der Waals surface area contributed by atoms with Gasteiger partial charge in [0.15, 0.2) is 5.75 Å². The highest BCUT2D eigenvalue weighted by atomic mass is 79.9. The maximum atomic E-state index is 6.04. The van der Waals surface area contributed by atoms with E-state index in [0.717, 1.165) is 15.8 Å². The SMILES string of the molecule is Cc1ccc(Oc2c(N)cncc2Br)c(C(C)(C)C)c1. The molecule has 0 aliphatic rings. The van der Waals surface area contributed by atoms with Crippen LogP contribution in [0.2, 0.25) is 0 Å². The zero-order valence-corrected chi connectivity index (χ0v) is 13.8. The zero-order valence-electron chi connectivity index (χ0n) is 12.2. The highest BCUT2D eigenvalue weighted by molar-refractivity contribution is 9.10. The third kappa shape index (κ3) is 3.12. The van der Waals surface area contributed by atoms with Crippen LogP contribution in [-0.2, 0) is 5.41 Å². The van der Waals surface area contributed by atoms with Crippen LogP contribution in [0.3, 0.4) is 0 Å². The third-order valence-corrected chi connectivity index (χ3v) is 3.60. The Hall–Kier alpha value is -1.55. The molecule has 20 heavy (non-hydrogen) atoms. The van der Waals surface area contributed by atoms with Gasteiger partial charge in [-0.15, -0.1) is 0 Å². The van der Waals surface area contributed by atoms with Crippen molar-refractivity contribution < 1.29 is 4.74 Å². The van der Waals surface area contributed by atoms with Crippen molar-refractivity contribution in [2.24, 2.45) is 0 Å². The molecule has 3 nitrogen and oxygen atoms in total. The molecule has 0 fully saturated rings. The maximum absolute atomic E-state index is 6.04. The summed E-state index contributed by atoms with van der Waals surface area (Å²) in [6, 6.07) is 6.18. The first kappa shape index (κ1) is 14.9. The van der Waals surface area contributed by atoms with Crippen molar-refractivity contribution in [2.75, 3.05) is 5.73 Å². The molecule has 0 saturated heterocycles. The van der Waals surface area contributed by atoms with Gasteiger partial charge in [0.2, 0.25) is 0 Å². The number of rotatable bonds is 2. The average molecular weight is 335 g/mol. The highest BCUT2D eigenvalue weighted by Gasteiger charge is 2.20. The number of nitrogens with zero attached hydrogens (tertiary/aromatic N) is 1. The van der Waals surface area contributed by atoms with Crippen molar-refractivity contribution >= 4 is 21.6 Å². The van der Waals surface area contributed by atoms with Gasteiger partial charge in [0.05, 0.1) is 16.4 Å². The number of anilines is 1. The van der Waals surface area contributed by atoms with Crippen molar-refractivity contribution in [1.29, 1.82) is 0 Å². The first-order chi connectivity index (χ1) is 9.29. The standard InChI is InChI=1S/C16H19BrN2O/c1-10-5-6-14(11(7-10)16(2,3)4)20-15-12(17)8-19-9-13(15)18/h5-9H,18H2,1-4H3. The summed E-state index contributed by atoms with van der Waals surface area (Å²) in [5.41, 5.74) is 8.82. The molecule has 1 heterocycles. The molecule has 0 bridgehead atoms. The van der Waals surface area contributed by atoms with Crippen molar-refractivity contribution in [3.63, 3.8) is 0 Å². The second-order valence-corrected chi connectivity index (χ2v) is 6.75. The Morgan fingerprint density at radius 1 is 1.20 bits per heavy atom. The molecule has 2 rings (SSSR count). The van der Waals surface area contributed by atoms with E-state index >= 15 is 0 Å². The molecule has 4 heteroatoms. The molecule has 0 atom stereocenters. The van der Waals surface area contributed by atoms with Gasteiger partial charge < -0.3 is 10.5 Å². The molecule has 0 unspecified atom stereocenters. The number of hydrogen-bond acceptors (Lipinski definition) is 3. The lowest BCUT2D eigenvalue weighted by Gasteiger charge is -2.23. The molecule has 0 saturated carbocycles. The molecular weight excluding hydrogens is 316 g/mol. The fourth-order valence-corrected chi connectivity index (χ4v) is 2.40. The summed E-state index contributed by atoms with van der Waals surface area (Å²) in [7, 11) is 0. The van der Waals surface area contributed by atoms with Gasteiger partial charge in [-0.3, -0.25) is 4.98 Å². The Labute approximate surface area is 128 Å². The van der Waals surface area contributed by atoms with E-state index in [1.807, 2.05) is 12.1 Å². The quantitative estimate of drug-likeness (QED) is 0.855. The van der Waals surface area contributed by atoms with Gasteiger partial charge >= 0.3 is 0 Å². The van der Waals surface area contributed by atoms with Crippen LogP contribution in [0.4, 0.5) is 5.69 Å². The summed E-state index contributed by atoms with van der Waals surface area (Å²) in [5, 5.41) is 0. The number of benzene rings is 1. The Balaban J connectivity index is 2.49. The fraction of sp³-hybridized carbons (Fsp3) is 0.312. The van der Waals surface area contributed by atoms with Crippen molar-refractivity contribution in [3.05, 3.63) is 46.2 Å². The van der Waals surface area contributed by atoms with Gasteiger partial charge in [-0.2, -0.15) is 0 Å². The molecule has 106 valence electrons. The van der Waals surface area contributed by atoms with Gasteiger partial charge in [0, 0.05) is 11.8 Å². The zero-order chi connectivity index (χ0) is 14.9. The van der Waals surface area contributed by atoms with Crippen LogP contribution < -0.4 is 10.5 Å². The van der Waals surface area contributed by atoms with E-state index in [2.05, 4.69) is 54.7 Å². The van der Waals surface area contributed by atoms with Crippen LogP contribution in [-0.4, -0.2) is 4.98 Å². The monoisotopic (exact) mass is 334 g/mol. The average Bonchev–Trinajstić information content (AvgIpc) is 2.34. The van der Waals surface area contributed by atoms with E-state index in [9.17, 15) is 0 Å². The van der Waals surface area contributed by atoms with E-state index < -0.39 is 0 Å². The van der Waals surface area contributed by atoms with E-state index in [1.54, 1.807) is 12.4 Å². The number of nitrogen functional groups attached to an aromatic ring is 1. The molecule has 1 aromatic carbocycles. The number of ether oxygens (including phenoxy) is 1. The van der Waals surface area contributed by atoms with E-state index in [4.69, 9.17) is 10.5 Å². The predicted molar refractivity (Wildman–Crippen MR) is 86.3 cm³/mol. The van der Waals surface area contributed by atoms with E-state index in [1.165, 1.54) is 5.56 Å². The largest absolute Gasteiger partial charge is 0.454 e.